The van der Waals surface area contributed by atoms with E-state index >= 15 is 0 Å². The third-order valence-corrected chi connectivity index (χ3v) is 5.14. The fourth-order valence-corrected chi connectivity index (χ4v) is 2.97. The summed E-state index contributed by atoms with van der Waals surface area (Å²) in [6.07, 6.45) is 1.13. The summed E-state index contributed by atoms with van der Waals surface area (Å²) in [4.78, 5) is 12.3. The van der Waals surface area contributed by atoms with E-state index in [1.54, 1.807) is 0 Å². The molecule has 4 heteroatoms. The van der Waals surface area contributed by atoms with Gasteiger partial charge in [-0.1, -0.05) is 35.8 Å². The van der Waals surface area contributed by atoms with Gasteiger partial charge < -0.3 is 10.1 Å². The Hall–Kier alpha value is -0.870. The van der Waals surface area contributed by atoms with Crippen LogP contribution in [0, 0.1) is 12.3 Å². The minimum atomic E-state index is -0.0151. The molecule has 0 aromatic heterocycles. The van der Waals surface area contributed by atoms with Gasteiger partial charge >= 0.3 is 0 Å². The van der Waals surface area contributed by atoms with Gasteiger partial charge in [-0.3, -0.25) is 4.79 Å². The predicted octanol–water partition coefficient (Wildman–Crippen LogP) is 3.69. The zero-order valence-electron chi connectivity index (χ0n) is 12.5. The summed E-state index contributed by atoms with van der Waals surface area (Å²) in [7, 11) is 0. The van der Waals surface area contributed by atoms with Gasteiger partial charge in [0.1, 0.15) is 0 Å². The van der Waals surface area contributed by atoms with E-state index in [2.05, 4.69) is 35.1 Å². The maximum Gasteiger partial charge on any atom is 0.251 e. The van der Waals surface area contributed by atoms with Crippen LogP contribution in [0.1, 0.15) is 43.1 Å². The zero-order chi connectivity index (χ0) is 14.9. The van der Waals surface area contributed by atoms with E-state index in [4.69, 9.17) is 4.74 Å². The first kappa shape index (κ1) is 15.5. The van der Waals surface area contributed by atoms with Crippen LogP contribution >= 0.6 is 15.9 Å². The van der Waals surface area contributed by atoms with Crippen LogP contribution in [-0.2, 0) is 4.74 Å². The first-order valence-corrected chi connectivity index (χ1v) is 7.84. The van der Waals surface area contributed by atoms with Crippen molar-refractivity contribution < 1.29 is 9.53 Å². The summed E-state index contributed by atoms with van der Waals surface area (Å²) in [6, 6.07) is 5.86. The molecule has 0 spiro atoms. The predicted molar refractivity (Wildman–Crippen MR) is 83.9 cm³/mol. The molecule has 3 nitrogen and oxygen atoms in total. The van der Waals surface area contributed by atoms with E-state index < -0.39 is 0 Å². The van der Waals surface area contributed by atoms with Crippen LogP contribution in [0.2, 0.25) is 0 Å². The molecule has 1 aromatic rings. The van der Waals surface area contributed by atoms with Crippen LogP contribution in [0.4, 0.5) is 0 Å². The molecule has 2 unspecified atom stereocenters. The van der Waals surface area contributed by atoms with Crippen molar-refractivity contribution >= 4 is 21.8 Å². The van der Waals surface area contributed by atoms with E-state index in [0.29, 0.717) is 5.56 Å². The number of nitrogens with one attached hydrogen (secondary N) is 1. The second-order valence-corrected chi connectivity index (χ2v) is 6.85. The van der Waals surface area contributed by atoms with Crippen molar-refractivity contribution in [1.29, 1.82) is 0 Å². The molecule has 110 valence electrons. The second kappa shape index (κ2) is 5.86. The molecule has 2 atom stereocenters. The minimum Gasteiger partial charge on any atom is -0.378 e. The lowest BCUT2D eigenvalue weighted by Gasteiger charge is -2.51. The quantitative estimate of drug-likeness (QED) is 0.908. The molecule has 1 amide bonds. The van der Waals surface area contributed by atoms with E-state index in [1.165, 1.54) is 0 Å². The van der Waals surface area contributed by atoms with Crippen molar-refractivity contribution in [2.45, 2.75) is 46.3 Å². The molecule has 1 saturated carbocycles. The summed E-state index contributed by atoms with van der Waals surface area (Å²) >= 11 is 3.46. The third-order valence-electron chi connectivity index (χ3n) is 4.28. The molecular weight excluding hydrogens is 318 g/mol. The van der Waals surface area contributed by atoms with Gasteiger partial charge in [0.05, 0.1) is 6.10 Å². The van der Waals surface area contributed by atoms with Crippen LogP contribution in [-0.4, -0.2) is 24.7 Å². The lowest BCUT2D eigenvalue weighted by atomic mass is 9.64. The van der Waals surface area contributed by atoms with Crippen molar-refractivity contribution in [2.75, 3.05) is 6.61 Å². The Bertz CT molecular complexity index is 513. The van der Waals surface area contributed by atoms with Crippen LogP contribution < -0.4 is 5.32 Å². The molecule has 1 N–H and O–H groups in total. The largest absolute Gasteiger partial charge is 0.378 e. The maximum absolute atomic E-state index is 12.3. The third kappa shape index (κ3) is 2.91. The number of aryl methyl sites for hydroxylation is 1. The molecule has 20 heavy (non-hydrogen) atoms. The highest BCUT2D eigenvalue weighted by Gasteiger charge is 2.49. The Morgan fingerprint density at radius 2 is 2.20 bits per heavy atom. The molecular formula is C16H22BrNO2. The molecule has 1 aliphatic rings. The lowest BCUT2D eigenvalue weighted by Crippen LogP contribution is -2.62. The molecule has 0 saturated heterocycles. The van der Waals surface area contributed by atoms with Crippen molar-refractivity contribution in [3.8, 4) is 0 Å². The van der Waals surface area contributed by atoms with E-state index in [-0.39, 0.29) is 23.5 Å². The Labute approximate surface area is 129 Å². The number of amides is 1. The fourth-order valence-electron chi connectivity index (χ4n) is 2.59. The number of benzene rings is 1. The Morgan fingerprint density at radius 3 is 2.75 bits per heavy atom. The maximum atomic E-state index is 12.3. The van der Waals surface area contributed by atoms with Gasteiger partial charge in [-0.2, -0.15) is 0 Å². The molecule has 2 rings (SSSR count). The van der Waals surface area contributed by atoms with Gasteiger partial charge in [-0.25, -0.2) is 0 Å². The normalized spacial score (nSPS) is 24.1. The zero-order valence-corrected chi connectivity index (χ0v) is 14.1. The molecule has 1 fully saturated rings. The average Bonchev–Trinajstić information content (AvgIpc) is 2.40. The van der Waals surface area contributed by atoms with Crippen LogP contribution in [0.15, 0.2) is 22.7 Å². The van der Waals surface area contributed by atoms with Gasteiger partial charge in [-0.05, 0) is 38.0 Å². The number of hydrogen-bond acceptors (Lipinski definition) is 2. The Morgan fingerprint density at radius 1 is 1.50 bits per heavy atom. The monoisotopic (exact) mass is 339 g/mol. The van der Waals surface area contributed by atoms with Crippen molar-refractivity contribution in [1.82, 2.24) is 5.32 Å². The molecule has 1 aromatic carbocycles. The van der Waals surface area contributed by atoms with Gasteiger partial charge in [-0.15, -0.1) is 0 Å². The summed E-state index contributed by atoms with van der Waals surface area (Å²) in [6.45, 7) is 9.03. The molecule has 0 heterocycles. The highest BCUT2D eigenvalue weighted by Crippen LogP contribution is 2.42. The van der Waals surface area contributed by atoms with Crippen LogP contribution in [0.5, 0.6) is 0 Å². The van der Waals surface area contributed by atoms with Crippen molar-refractivity contribution in [3.63, 3.8) is 0 Å². The van der Waals surface area contributed by atoms with Crippen molar-refractivity contribution in [3.05, 3.63) is 33.8 Å². The number of hydrogen-bond donors (Lipinski definition) is 1. The topological polar surface area (TPSA) is 38.3 Å². The second-order valence-electron chi connectivity index (χ2n) is 5.99. The smallest absolute Gasteiger partial charge is 0.251 e. The fraction of sp³-hybridized carbons (Fsp3) is 0.562. The Balaban J connectivity index is 2.01. The minimum absolute atomic E-state index is 0.00635. The first-order valence-electron chi connectivity index (χ1n) is 7.05. The highest BCUT2D eigenvalue weighted by molar-refractivity contribution is 9.10. The number of halogens is 1. The number of carbonyl (C=O) groups excluding carboxylic acids is 1. The summed E-state index contributed by atoms with van der Waals surface area (Å²) in [5, 5.41) is 3.12. The Kier molecular flexibility index (Phi) is 4.55. The van der Waals surface area contributed by atoms with Crippen LogP contribution in [0.3, 0.4) is 0 Å². The number of ether oxygens (including phenoxy) is 1. The number of rotatable bonds is 4. The summed E-state index contributed by atoms with van der Waals surface area (Å²) in [5.41, 5.74) is 1.81. The lowest BCUT2D eigenvalue weighted by molar-refractivity contribution is -0.111. The van der Waals surface area contributed by atoms with E-state index in [1.807, 2.05) is 32.0 Å². The standard InChI is InChI=1S/C16H22BrNO2/c1-5-20-14-9-13(16(14,3)4)18-15(19)11-7-6-10(2)12(17)8-11/h6-8,13-14H,5,9H2,1-4H3,(H,18,19). The molecule has 0 aliphatic heterocycles. The first-order chi connectivity index (χ1) is 9.36. The van der Waals surface area contributed by atoms with Crippen LogP contribution in [0.25, 0.3) is 0 Å². The summed E-state index contributed by atoms with van der Waals surface area (Å²) < 4.78 is 6.65. The highest BCUT2D eigenvalue weighted by atomic mass is 79.9. The number of carbonyl (C=O) groups is 1. The van der Waals surface area contributed by atoms with Gasteiger partial charge in [0.25, 0.3) is 5.91 Å². The van der Waals surface area contributed by atoms with Gasteiger partial charge in [0.15, 0.2) is 0 Å². The summed E-state index contributed by atoms with van der Waals surface area (Å²) in [5.74, 6) is -0.0151. The van der Waals surface area contributed by atoms with Crippen molar-refractivity contribution in [2.24, 2.45) is 5.41 Å². The van der Waals surface area contributed by atoms with Gasteiger partial charge in [0, 0.05) is 28.1 Å². The van der Waals surface area contributed by atoms with Gasteiger partial charge in [0.2, 0.25) is 0 Å². The van der Waals surface area contributed by atoms with E-state index in [9.17, 15) is 4.79 Å². The molecule has 0 radical (unpaired) electrons. The molecule has 1 aliphatic carbocycles. The average molecular weight is 340 g/mol. The van der Waals surface area contributed by atoms with E-state index in [0.717, 1.165) is 23.1 Å². The molecule has 0 bridgehead atoms. The SMILES string of the molecule is CCOC1CC(NC(=O)c2ccc(C)c(Br)c2)C1(C)C.